The van der Waals surface area contributed by atoms with Crippen molar-refractivity contribution in [1.82, 2.24) is 10.2 Å². The molecule has 2 N–H and O–H groups in total. The van der Waals surface area contributed by atoms with Gasteiger partial charge in [-0.25, -0.2) is 13.6 Å². The number of rotatable bonds is 5. The predicted molar refractivity (Wildman–Crippen MR) is 83.1 cm³/mol. The highest BCUT2D eigenvalue weighted by Gasteiger charge is 2.48. The summed E-state index contributed by atoms with van der Waals surface area (Å²) < 4.78 is 26.4. The van der Waals surface area contributed by atoms with Crippen molar-refractivity contribution >= 4 is 23.5 Å². The van der Waals surface area contributed by atoms with Crippen LogP contribution in [0.5, 0.6) is 0 Å². The number of hydrogen-bond acceptors (Lipinski definition) is 3. The molecule has 1 atom stereocenters. The van der Waals surface area contributed by atoms with Gasteiger partial charge in [0, 0.05) is 6.07 Å². The molecule has 24 heavy (non-hydrogen) atoms. The van der Waals surface area contributed by atoms with E-state index in [0.717, 1.165) is 17.0 Å². The van der Waals surface area contributed by atoms with E-state index in [1.165, 1.54) is 0 Å². The van der Waals surface area contributed by atoms with E-state index in [4.69, 9.17) is 0 Å². The molecular weight excluding hydrogens is 320 g/mol. The van der Waals surface area contributed by atoms with Crippen molar-refractivity contribution in [2.24, 2.45) is 5.92 Å². The molecule has 0 spiro atoms. The number of imide groups is 1. The van der Waals surface area contributed by atoms with Crippen molar-refractivity contribution in [3.05, 3.63) is 29.8 Å². The lowest BCUT2D eigenvalue weighted by atomic mass is 9.91. The number of urea groups is 1. The molecule has 130 valence electrons. The van der Waals surface area contributed by atoms with Crippen LogP contribution in [0.4, 0.5) is 19.3 Å². The lowest BCUT2D eigenvalue weighted by Crippen LogP contribution is -2.45. The maximum Gasteiger partial charge on any atom is 0.325 e. The molecular formula is C16H19F2N3O3. The van der Waals surface area contributed by atoms with Gasteiger partial charge in [-0.05, 0) is 31.4 Å². The van der Waals surface area contributed by atoms with E-state index in [1.54, 1.807) is 6.92 Å². The van der Waals surface area contributed by atoms with Crippen molar-refractivity contribution in [3.63, 3.8) is 0 Å². The first-order valence-corrected chi connectivity index (χ1v) is 7.51. The van der Waals surface area contributed by atoms with Gasteiger partial charge in [-0.2, -0.15) is 0 Å². The van der Waals surface area contributed by atoms with E-state index < -0.39 is 41.6 Å². The van der Waals surface area contributed by atoms with Crippen molar-refractivity contribution < 1.29 is 23.2 Å². The topological polar surface area (TPSA) is 78.5 Å². The van der Waals surface area contributed by atoms with E-state index in [0.29, 0.717) is 12.5 Å². The monoisotopic (exact) mass is 339 g/mol. The summed E-state index contributed by atoms with van der Waals surface area (Å²) in [5.74, 6) is -2.80. The highest BCUT2D eigenvalue weighted by Crippen LogP contribution is 2.25. The summed E-state index contributed by atoms with van der Waals surface area (Å²) in [6.07, 6.45) is 0.433. The Morgan fingerprint density at radius 1 is 1.33 bits per heavy atom. The molecule has 1 aliphatic rings. The Morgan fingerprint density at radius 2 is 2.00 bits per heavy atom. The molecule has 4 amide bonds. The van der Waals surface area contributed by atoms with Crippen LogP contribution in [0.25, 0.3) is 0 Å². The van der Waals surface area contributed by atoms with Crippen LogP contribution in [0.15, 0.2) is 18.2 Å². The molecule has 0 unspecified atom stereocenters. The van der Waals surface area contributed by atoms with Gasteiger partial charge in [0.05, 0.1) is 5.69 Å². The number of halogens is 2. The van der Waals surface area contributed by atoms with Gasteiger partial charge >= 0.3 is 6.03 Å². The summed E-state index contributed by atoms with van der Waals surface area (Å²) >= 11 is 0. The fourth-order valence-electron chi connectivity index (χ4n) is 2.77. The van der Waals surface area contributed by atoms with E-state index >= 15 is 0 Å². The number of anilines is 1. The SMILES string of the molecule is CC(C)C[C@]1(C)NC(=O)N(CC(=O)Nc2ccc(F)cc2F)C1=O. The fourth-order valence-corrected chi connectivity index (χ4v) is 2.77. The van der Waals surface area contributed by atoms with E-state index in [1.807, 2.05) is 13.8 Å². The fraction of sp³-hybridized carbons (Fsp3) is 0.438. The minimum atomic E-state index is -1.06. The Bertz CT molecular complexity index is 693. The zero-order chi connectivity index (χ0) is 18.1. The Balaban J connectivity index is 2.06. The van der Waals surface area contributed by atoms with Gasteiger partial charge in [0.15, 0.2) is 0 Å². The highest BCUT2D eigenvalue weighted by molar-refractivity contribution is 6.09. The number of nitrogens with zero attached hydrogens (tertiary/aromatic N) is 1. The number of nitrogens with one attached hydrogen (secondary N) is 2. The first kappa shape index (κ1) is 17.8. The van der Waals surface area contributed by atoms with E-state index in [2.05, 4.69) is 10.6 Å². The first-order valence-electron chi connectivity index (χ1n) is 7.51. The van der Waals surface area contributed by atoms with E-state index in [9.17, 15) is 23.2 Å². The quantitative estimate of drug-likeness (QED) is 0.808. The van der Waals surface area contributed by atoms with Gasteiger partial charge in [-0.3, -0.25) is 14.5 Å². The lowest BCUT2D eigenvalue weighted by molar-refractivity contribution is -0.133. The van der Waals surface area contributed by atoms with Gasteiger partial charge in [-0.1, -0.05) is 13.8 Å². The molecule has 1 aromatic carbocycles. The number of benzene rings is 1. The van der Waals surface area contributed by atoms with Crippen molar-refractivity contribution in [3.8, 4) is 0 Å². The molecule has 2 rings (SSSR count). The largest absolute Gasteiger partial charge is 0.325 e. The molecule has 0 saturated carbocycles. The Hall–Kier alpha value is -2.51. The van der Waals surface area contributed by atoms with Crippen molar-refractivity contribution in [1.29, 1.82) is 0 Å². The summed E-state index contributed by atoms with van der Waals surface area (Å²) in [5, 5.41) is 4.80. The Morgan fingerprint density at radius 3 is 2.58 bits per heavy atom. The van der Waals surface area contributed by atoms with Gasteiger partial charge in [-0.15, -0.1) is 0 Å². The molecule has 0 radical (unpaired) electrons. The molecule has 1 saturated heterocycles. The number of hydrogen-bond donors (Lipinski definition) is 2. The smallest absolute Gasteiger partial charge is 0.323 e. The summed E-state index contributed by atoms with van der Waals surface area (Å²) in [5.41, 5.74) is -1.29. The summed E-state index contributed by atoms with van der Waals surface area (Å²) in [4.78, 5) is 37.2. The van der Waals surface area contributed by atoms with Gasteiger partial charge in [0.25, 0.3) is 5.91 Å². The third-order valence-electron chi connectivity index (χ3n) is 3.67. The third-order valence-corrected chi connectivity index (χ3v) is 3.67. The summed E-state index contributed by atoms with van der Waals surface area (Å²) in [6.45, 7) is 4.88. The van der Waals surface area contributed by atoms with Crippen LogP contribution in [-0.4, -0.2) is 34.8 Å². The minimum Gasteiger partial charge on any atom is -0.323 e. The molecule has 0 bridgehead atoms. The molecule has 1 heterocycles. The van der Waals surface area contributed by atoms with Crippen LogP contribution in [0.3, 0.4) is 0 Å². The number of amides is 4. The van der Waals surface area contributed by atoms with Crippen LogP contribution in [0, 0.1) is 17.6 Å². The zero-order valence-corrected chi connectivity index (χ0v) is 13.7. The van der Waals surface area contributed by atoms with Crippen molar-refractivity contribution in [2.75, 3.05) is 11.9 Å². The predicted octanol–water partition coefficient (Wildman–Crippen LogP) is 2.26. The van der Waals surface area contributed by atoms with Gasteiger partial charge in [0.2, 0.25) is 5.91 Å². The molecule has 1 fully saturated rings. The number of carbonyl (C=O) groups excluding carboxylic acids is 3. The molecule has 0 aliphatic carbocycles. The maximum atomic E-state index is 13.5. The zero-order valence-electron chi connectivity index (χ0n) is 13.7. The summed E-state index contributed by atoms with van der Waals surface area (Å²) in [7, 11) is 0. The lowest BCUT2D eigenvalue weighted by Gasteiger charge is -2.23. The minimum absolute atomic E-state index is 0.168. The Kier molecular flexibility index (Phi) is 4.86. The van der Waals surface area contributed by atoms with E-state index in [-0.39, 0.29) is 11.6 Å². The van der Waals surface area contributed by atoms with Crippen LogP contribution in [0.1, 0.15) is 27.2 Å². The average molecular weight is 339 g/mol. The van der Waals surface area contributed by atoms with Gasteiger partial charge in [0.1, 0.15) is 23.7 Å². The van der Waals surface area contributed by atoms with Crippen LogP contribution < -0.4 is 10.6 Å². The summed E-state index contributed by atoms with van der Waals surface area (Å²) in [6, 6.07) is 2.02. The van der Waals surface area contributed by atoms with Crippen LogP contribution in [-0.2, 0) is 9.59 Å². The molecule has 6 nitrogen and oxygen atoms in total. The second-order valence-corrected chi connectivity index (χ2v) is 6.42. The third kappa shape index (κ3) is 3.69. The van der Waals surface area contributed by atoms with Gasteiger partial charge < -0.3 is 10.6 Å². The average Bonchev–Trinajstić information content (AvgIpc) is 2.64. The first-order chi connectivity index (χ1) is 11.1. The molecule has 0 aromatic heterocycles. The second kappa shape index (κ2) is 6.54. The highest BCUT2D eigenvalue weighted by atomic mass is 19.1. The Labute approximate surface area is 138 Å². The van der Waals surface area contributed by atoms with Crippen LogP contribution in [0.2, 0.25) is 0 Å². The second-order valence-electron chi connectivity index (χ2n) is 6.42. The maximum absolute atomic E-state index is 13.5. The molecule has 1 aliphatic heterocycles. The molecule has 1 aromatic rings. The van der Waals surface area contributed by atoms with Crippen LogP contribution >= 0.6 is 0 Å². The molecule has 8 heteroatoms. The normalized spacial score (nSPS) is 20.5. The number of carbonyl (C=O) groups is 3. The van der Waals surface area contributed by atoms with Crippen molar-refractivity contribution in [2.45, 2.75) is 32.7 Å². The standard InChI is InChI=1S/C16H19F2N3O3/c1-9(2)7-16(3)14(23)21(15(24)20-16)8-13(22)19-12-5-4-10(17)6-11(12)18/h4-6,9H,7-8H2,1-3H3,(H,19,22)(H,20,24)/t16-/m0/s1.